The van der Waals surface area contributed by atoms with Gasteiger partial charge in [-0.1, -0.05) is 26.0 Å². The molecule has 21 heavy (non-hydrogen) atoms. The number of benzene rings is 1. The molecule has 1 aromatic carbocycles. The predicted octanol–water partition coefficient (Wildman–Crippen LogP) is 3.90. The lowest BCUT2D eigenvalue weighted by Gasteiger charge is -2.12. The maximum Gasteiger partial charge on any atom is 0.224 e. The van der Waals surface area contributed by atoms with E-state index in [1.165, 1.54) is 18.2 Å². The molecule has 0 aliphatic heterocycles. The van der Waals surface area contributed by atoms with Crippen LogP contribution in [-0.4, -0.2) is 11.5 Å². The summed E-state index contributed by atoms with van der Waals surface area (Å²) in [6.45, 7) is 5.35. The Morgan fingerprint density at radius 3 is 2.71 bits per heavy atom. The first kappa shape index (κ1) is 15.4. The number of nitrogens with zero attached hydrogens (tertiary/aromatic N) is 1. The van der Waals surface area contributed by atoms with E-state index in [4.69, 9.17) is 4.74 Å². The third-order valence-corrected chi connectivity index (χ3v) is 2.80. The molecule has 0 amide bonds. The van der Waals surface area contributed by atoms with Crippen molar-refractivity contribution in [2.24, 2.45) is 5.92 Å². The lowest BCUT2D eigenvalue weighted by molar-refractivity contribution is 0.416. The van der Waals surface area contributed by atoms with Crippen LogP contribution in [0.15, 0.2) is 36.5 Å². The lowest BCUT2D eigenvalue weighted by atomic mass is 10.2. The normalized spacial score (nSPS) is 10.9. The molecular formula is C16H18F2N2O. The van der Waals surface area contributed by atoms with Gasteiger partial charge in [-0.25, -0.2) is 13.8 Å². The first-order chi connectivity index (χ1) is 10.1. The highest BCUT2D eigenvalue weighted by Crippen LogP contribution is 2.25. The van der Waals surface area contributed by atoms with Gasteiger partial charge in [-0.05, 0) is 30.7 Å². The summed E-state index contributed by atoms with van der Waals surface area (Å²) in [4.78, 5) is 3.91. The Hall–Kier alpha value is -2.01. The predicted molar refractivity (Wildman–Crippen MR) is 77.2 cm³/mol. The molecule has 0 unspecified atom stereocenters. The van der Waals surface area contributed by atoms with E-state index in [2.05, 4.69) is 24.1 Å². The molecule has 0 saturated heterocycles. The van der Waals surface area contributed by atoms with Crippen LogP contribution in [0.2, 0.25) is 0 Å². The van der Waals surface area contributed by atoms with Crippen molar-refractivity contribution < 1.29 is 13.5 Å². The Labute approximate surface area is 123 Å². The van der Waals surface area contributed by atoms with Gasteiger partial charge in [0.15, 0.2) is 11.6 Å². The average Bonchev–Trinajstić information content (AvgIpc) is 2.43. The van der Waals surface area contributed by atoms with Crippen LogP contribution in [0.25, 0.3) is 0 Å². The van der Waals surface area contributed by atoms with Crippen molar-refractivity contribution in [2.75, 3.05) is 6.54 Å². The first-order valence-electron chi connectivity index (χ1n) is 6.84. The van der Waals surface area contributed by atoms with E-state index in [-0.39, 0.29) is 11.6 Å². The van der Waals surface area contributed by atoms with Crippen molar-refractivity contribution in [3.8, 4) is 11.6 Å². The number of para-hydroxylation sites is 1. The summed E-state index contributed by atoms with van der Waals surface area (Å²) >= 11 is 0. The van der Waals surface area contributed by atoms with Crippen LogP contribution in [-0.2, 0) is 6.54 Å². The molecule has 1 heterocycles. The summed E-state index contributed by atoms with van der Waals surface area (Å²) in [6.07, 6.45) is 1.06. The maximum absolute atomic E-state index is 13.6. The molecule has 0 saturated carbocycles. The van der Waals surface area contributed by atoms with Crippen LogP contribution in [0.3, 0.4) is 0 Å². The highest BCUT2D eigenvalue weighted by molar-refractivity contribution is 5.33. The summed E-state index contributed by atoms with van der Waals surface area (Å²) in [6, 6.07) is 7.39. The van der Waals surface area contributed by atoms with Crippen molar-refractivity contribution >= 4 is 0 Å². The number of aromatic nitrogens is 1. The quantitative estimate of drug-likeness (QED) is 0.877. The Bertz CT molecular complexity index is 603. The van der Waals surface area contributed by atoms with E-state index < -0.39 is 11.6 Å². The van der Waals surface area contributed by atoms with Crippen molar-refractivity contribution in [1.29, 1.82) is 0 Å². The summed E-state index contributed by atoms with van der Waals surface area (Å²) in [5.41, 5.74) is 0.555. The number of pyridine rings is 1. The van der Waals surface area contributed by atoms with Gasteiger partial charge in [-0.2, -0.15) is 0 Å². The SMILES string of the molecule is CC(C)CNCc1cc(F)cnc1Oc1ccccc1F. The van der Waals surface area contributed by atoms with Gasteiger partial charge in [-0.3, -0.25) is 0 Å². The highest BCUT2D eigenvalue weighted by Gasteiger charge is 2.11. The van der Waals surface area contributed by atoms with E-state index in [0.29, 0.717) is 18.0 Å². The monoisotopic (exact) mass is 292 g/mol. The number of hydrogen-bond donors (Lipinski definition) is 1. The minimum absolute atomic E-state index is 0.0710. The molecule has 0 bridgehead atoms. The van der Waals surface area contributed by atoms with Crippen LogP contribution in [0.4, 0.5) is 8.78 Å². The standard InChI is InChI=1S/C16H18F2N2O/c1-11(2)8-19-9-12-7-13(17)10-20-16(12)21-15-6-4-3-5-14(15)18/h3-7,10-11,19H,8-9H2,1-2H3. The van der Waals surface area contributed by atoms with Gasteiger partial charge in [0.2, 0.25) is 5.88 Å². The third kappa shape index (κ3) is 4.49. The molecule has 112 valence electrons. The largest absolute Gasteiger partial charge is 0.436 e. The van der Waals surface area contributed by atoms with Gasteiger partial charge in [0, 0.05) is 12.1 Å². The topological polar surface area (TPSA) is 34.2 Å². The molecule has 0 radical (unpaired) electrons. The second-order valence-corrected chi connectivity index (χ2v) is 5.18. The Morgan fingerprint density at radius 2 is 2.00 bits per heavy atom. The van der Waals surface area contributed by atoms with Crippen molar-refractivity contribution in [3.05, 3.63) is 53.7 Å². The third-order valence-electron chi connectivity index (χ3n) is 2.80. The van der Waals surface area contributed by atoms with Crippen molar-refractivity contribution in [2.45, 2.75) is 20.4 Å². The summed E-state index contributed by atoms with van der Waals surface area (Å²) < 4.78 is 32.4. The number of nitrogens with one attached hydrogen (secondary N) is 1. The minimum atomic E-state index is -0.482. The van der Waals surface area contributed by atoms with Crippen molar-refractivity contribution in [3.63, 3.8) is 0 Å². The van der Waals surface area contributed by atoms with Crippen LogP contribution in [0.1, 0.15) is 19.4 Å². The minimum Gasteiger partial charge on any atom is -0.436 e. The number of ether oxygens (including phenoxy) is 1. The Kier molecular flexibility index (Phi) is 5.22. The molecule has 1 aromatic heterocycles. The molecule has 0 atom stereocenters. The zero-order valence-corrected chi connectivity index (χ0v) is 12.1. The fourth-order valence-electron chi connectivity index (χ4n) is 1.81. The molecule has 3 nitrogen and oxygen atoms in total. The summed E-state index contributed by atoms with van der Waals surface area (Å²) in [7, 11) is 0. The van der Waals surface area contributed by atoms with Gasteiger partial charge >= 0.3 is 0 Å². The van der Waals surface area contributed by atoms with E-state index in [9.17, 15) is 8.78 Å². The number of hydrogen-bond acceptors (Lipinski definition) is 3. The second-order valence-electron chi connectivity index (χ2n) is 5.18. The zero-order chi connectivity index (χ0) is 15.2. The number of halogens is 2. The van der Waals surface area contributed by atoms with Gasteiger partial charge in [0.1, 0.15) is 5.82 Å². The van der Waals surface area contributed by atoms with Crippen LogP contribution >= 0.6 is 0 Å². The fraction of sp³-hybridized carbons (Fsp3) is 0.312. The smallest absolute Gasteiger partial charge is 0.224 e. The molecule has 0 fully saturated rings. The van der Waals surface area contributed by atoms with Crippen LogP contribution in [0, 0.1) is 17.6 Å². The second kappa shape index (κ2) is 7.13. The van der Waals surface area contributed by atoms with Gasteiger partial charge in [-0.15, -0.1) is 0 Å². The van der Waals surface area contributed by atoms with Crippen molar-refractivity contribution in [1.82, 2.24) is 10.3 Å². The zero-order valence-electron chi connectivity index (χ0n) is 12.1. The maximum atomic E-state index is 13.6. The van der Waals surface area contributed by atoms with E-state index in [1.807, 2.05) is 0 Å². The van der Waals surface area contributed by atoms with Crippen LogP contribution < -0.4 is 10.1 Å². The van der Waals surface area contributed by atoms with Gasteiger partial charge in [0.25, 0.3) is 0 Å². The van der Waals surface area contributed by atoms with Gasteiger partial charge in [0.05, 0.1) is 6.20 Å². The van der Waals surface area contributed by atoms with E-state index in [1.54, 1.807) is 12.1 Å². The van der Waals surface area contributed by atoms with E-state index in [0.717, 1.165) is 12.7 Å². The molecule has 5 heteroatoms. The Balaban J connectivity index is 2.16. The van der Waals surface area contributed by atoms with Gasteiger partial charge < -0.3 is 10.1 Å². The molecule has 0 spiro atoms. The highest BCUT2D eigenvalue weighted by atomic mass is 19.1. The molecular weight excluding hydrogens is 274 g/mol. The summed E-state index contributed by atoms with van der Waals surface area (Å²) in [5.74, 6) is -0.177. The fourth-order valence-corrected chi connectivity index (χ4v) is 1.81. The lowest BCUT2D eigenvalue weighted by Crippen LogP contribution is -2.19. The molecule has 0 aliphatic rings. The number of rotatable bonds is 6. The first-order valence-corrected chi connectivity index (χ1v) is 6.84. The molecule has 0 aliphatic carbocycles. The molecule has 1 N–H and O–H groups in total. The Morgan fingerprint density at radius 1 is 1.24 bits per heavy atom. The average molecular weight is 292 g/mol. The summed E-state index contributed by atoms with van der Waals surface area (Å²) in [5, 5.41) is 3.19. The van der Waals surface area contributed by atoms with E-state index >= 15 is 0 Å². The molecule has 2 aromatic rings. The molecule has 2 rings (SSSR count). The van der Waals surface area contributed by atoms with Crippen LogP contribution in [0.5, 0.6) is 11.6 Å².